The van der Waals surface area contributed by atoms with Gasteiger partial charge < -0.3 is 25.6 Å². The first kappa shape index (κ1) is 20.2. The van der Waals surface area contributed by atoms with Gasteiger partial charge in [0, 0.05) is 18.5 Å². The molecular formula is C22H26N2O4. The Balaban J connectivity index is 1.76. The summed E-state index contributed by atoms with van der Waals surface area (Å²) in [5.41, 5.74) is 8.13. The second kappa shape index (κ2) is 9.61. The summed E-state index contributed by atoms with van der Waals surface area (Å²) < 4.78 is 11.4. The fraction of sp³-hybridized carbons (Fsp3) is 0.318. The van der Waals surface area contributed by atoms with Crippen molar-refractivity contribution in [2.75, 3.05) is 13.2 Å². The Hall–Kier alpha value is -2.51. The molecule has 4 atom stereocenters. The molecule has 2 aromatic rings. The van der Waals surface area contributed by atoms with E-state index in [1.54, 1.807) is 12.1 Å². The lowest BCUT2D eigenvalue weighted by Gasteiger charge is -2.39. The normalized spacial score (nSPS) is 24.5. The first-order chi connectivity index (χ1) is 13.6. The number of amides is 1. The minimum absolute atomic E-state index is 0.241. The van der Waals surface area contributed by atoms with Crippen molar-refractivity contribution in [3.05, 3.63) is 72.8 Å². The summed E-state index contributed by atoms with van der Waals surface area (Å²) in [4.78, 5) is 12.8. The molecule has 1 heterocycles. The zero-order valence-corrected chi connectivity index (χ0v) is 15.7. The maximum absolute atomic E-state index is 12.8. The van der Waals surface area contributed by atoms with E-state index in [2.05, 4.69) is 11.9 Å². The SMILES string of the molecule is C=CCOC1OC(CN)CC(O)C1NC(=O)c1cccc(-c2ccccc2)c1. The van der Waals surface area contributed by atoms with Crippen molar-refractivity contribution in [3.8, 4) is 11.1 Å². The monoisotopic (exact) mass is 382 g/mol. The van der Waals surface area contributed by atoms with Gasteiger partial charge in [-0.1, -0.05) is 48.5 Å². The van der Waals surface area contributed by atoms with Crippen LogP contribution in [0.1, 0.15) is 16.8 Å². The van der Waals surface area contributed by atoms with Crippen LogP contribution in [0.2, 0.25) is 0 Å². The summed E-state index contributed by atoms with van der Waals surface area (Å²) in [6, 6.07) is 16.5. The van der Waals surface area contributed by atoms with Crippen LogP contribution in [0.5, 0.6) is 0 Å². The molecule has 1 aliphatic heterocycles. The number of nitrogens with two attached hydrogens (primary N) is 1. The molecule has 0 aliphatic carbocycles. The average molecular weight is 382 g/mol. The van der Waals surface area contributed by atoms with Gasteiger partial charge in [0.25, 0.3) is 5.91 Å². The number of carbonyl (C=O) groups is 1. The maximum Gasteiger partial charge on any atom is 0.251 e. The third-order valence-corrected chi connectivity index (χ3v) is 4.71. The molecule has 3 rings (SSSR count). The van der Waals surface area contributed by atoms with Gasteiger partial charge in [0.15, 0.2) is 6.29 Å². The van der Waals surface area contributed by atoms with E-state index in [0.29, 0.717) is 12.0 Å². The summed E-state index contributed by atoms with van der Waals surface area (Å²) in [5.74, 6) is -0.302. The first-order valence-corrected chi connectivity index (χ1v) is 9.34. The highest BCUT2D eigenvalue weighted by atomic mass is 16.7. The van der Waals surface area contributed by atoms with Crippen LogP contribution in [0, 0.1) is 0 Å². The third-order valence-electron chi connectivity index (χ3n) is 4.71. The molecule has 4 unspecified atom stereocenters. The quantitative estimate of drug-likeness (QED) is 0.638. The predicted molar refractivity (Wildman–Crippen MR) is 108 cm³/mol. The van der Waals surface area contributed by atoms with E-state index in [1.807, 2.05) is 48.5 Å². The summed E-state index contributed by atoms with van der Waals surface area (Å²) in [6.07, 6.45) is -0.0157. The van der Waals surface area contributed by atoms with Crippen LogP contribution in [0.4, 0.5) is 0 Å². The summed E-state index contributed by atoms with van der Waals surface area (Å²) >= 11 is 0. The van der Waals surface area contributed by atoms with Gasteiger partial charge >= 0.3 is 0 Å². The molecule has 0 spiro atoms. The number of carbonyl (C=O) groups excluding carboxylic acids is 1. The van der Waals surface area contributed by atoms with E-state index in [9.17, 15) is 9.90 Å². The molecule has 28 heavy (non-hydrogen) atoms. The number of aliphatic hydroxyl groups excluding tert-OH is 1. The van der Waals surface area contributed by atoms with Gasteiger partial charge in [0.2, 0.25) is 0 Å². The van der Waals surface area contributed by atoms with Crippen molar-refractivity contribution >= 4 is 5.91 Å². The Morgan fingerprint density at radius 3 is 2.71 bits per heavy atom. The molecule has 1 fully saturated rings. The lowest BCUT2D eigenvalue weighted by Crippen LogP contribution is -2.58. The molecule has 2 aromatic carbocycles. The fourth-order valence-corrected chi connectivity index (χ4v) is 3.25. The third kappa shape index (κ3) is 4.85. The lowest BCUT2D eigenvalue weighted by molar-refractivity contribution is -0.222. The molecule has 1 amide bonds. The summed E-state index contributed by atoms with van der Waals surface area (Å²) in [5, 5.41) is 13.4. The highest BCUT2D eigenvalue weighted by Crippen LogP contribution is 2.23. The molecule has 0 saturated carbocycles. The van der Waals surface area contributed by atoms with Gasteiger partial charge in [-0.15, -0.1) is 6.58 Å². The Bertz CT molecular complexity index is 796. The zero-order valence-electron chi connectivity index (χ0n) is 15.7. The van der Waals surface area contributed by atoms with Crippen LogP contribution in [0.15, 0.2) is 67.3 Å². The van der Waals surface area contributed by atoms with Crippen molar-refractivity contribution in [1.82, 2.24) is 5.32 Å². The van der Waals surface area contributed by atoms with Gasteiger partial charge in [-0.2, -0.15) is 0 Å². The van der Waals surface area contributed by atoms with Gasteiger partial charge in [-0.3, -0.25) is 4.79 Å². The van der Waals surface area contributed by atoms with Crippen LogP contribution < -0.4 is 11.1 Å². The van der Waals surface area contributed by atoms with Gasteiger partial charge in [0.05, 0.1) is 18.8 Å². The molecule has 0 aromatic heterocycles. The van der Waals surface area contributed by atoms with Crippen LogP contribution in [-0.2, 0) is 9.47 Å². The fourth-order valence-electron chi connectivity index (χ4n) is 3.25. The van der Waals surface area contributed by atoms with Gasteiger partial charge in [-0.25, -0.2) is 0 Å². The van der Waals surface area contributed by atoms with Gasteiger partial charge in [0.1, 0.15) is 6.04 Å². The molecule has 0 radical (unpaired) electrons. The second-order valence-corrected chi connectivity index (χ2v) is 6.73. The van der Waals surface area contributed by atoms with E-state index in [4.69, 9.17) is 15.2 Å². The van der Waals surface area contributed by atoms with Crippen LogP contribution in [-0.4, -0.2) is 48.7 Å². The predicted octanol–water partition coefficient (Wildman–Crippen LogP) is 2.09. The highest BCUT2D eigenvalue weighted by molar-refractivity contribution is 5.95. The molecule has 1 saturated heterocycles. The molecule has 6 heteroatoms. The topological polar surface area (TPSA) is 93.8 Å². The van der Waals surface area contributed by atoms with Crippen molar-refractivity contribution in [3.63, 3.8) is 0 Å². The van der Waals surface area contributed by atoms with Gasteiger partial charge in [-0.05, 0) is 23.3 Å². The largest absolute Gasteiger partial charge is 0.391 e. The van der Waals surface area contributed by atoms with E-state index < -0.39 is 18.4 Å². The smallest absolute Gasteiger partial charge is 0.251 e. The molecular weight excluding hydrogens is 356 g/mol. The Morgan fingerprint density at radius 2 is 2.00 bits per heavy atom. The molecule has 148 valence electrons. The number of aliphatic hydroxyl groups is 1. The van der Waals surface area contributed by atoms with E-state index in [1.165, 1.54) is 0 Å². The van der Waals surface area contributed by atoms with Crippen molar-refractivity contribution < 1.29 is 19.4 Å². The van der Waals surface area contributed by atoms with Crippen molar-refractivity contribution in [1.29, 1.82) is 0 Å². The van der Waals surface area contributed by atoms with E-state index >= 15 is 0 Å². The standard InChI is InChI=1S/C22H26N2O4/c1-2-11-27-22-20(19(25)13-18(14-23)28-22)24-21(26)17-10-6-9-16(12-17)15-7-4-3-5-8-15/h2-10,12,18-20,22,25H,1,11,13-14,23H2,(H,24,26). The van der Waals surface area contributed by atoms with Crippen LogP contribution in [0.3, 0.4) is 0 Å². The minimum Gasteiger partial charge on any atom is -0.391 e. The Morgan fingerprint density at radius 1 is 1.25 bits per heavy atom. The van der Waals surface area contributed by atoms with Crippen LogP contribution >= 0.6 is 0 Å². The maximum atomic E-state index is 12.8. The number of rotatable bonds is 7. The number of ether oxygens (including phenoxy) is 2. The van der Waals surface area contributed by atoms with E-state index in [0.717, 1.165) is 11.1 Å². The zero-order chi connectivity index (χ0) is 19.9. The molecule has 0 bridgehead atoms. The second-order valence-electron chi connectivity index (χ2n) is 6.73. The Kier molecular flexibility index (Phi) is 6.95. The summed E-state index contributed by atoms with van der Waals surface area (Å²) in [7, 11) is 0. The molecule has 4 N–H and O–H groups in total. The molecule has 1 aliphatic rings. The van der Waals surface area contributed by atoms with E-state index in [-0.39, 0.29) is 25.2 Å². The number of hydrogen-bond acceptors (Lipinski definition) is 5. The number of nitrogens with one attached hydrogen (secondary N) is 1. The van der Waals surface area contributed by atoms with Crippen LogP contribution in [0.25, 0.3) is 11.1 Å². The van der Waals surface area contributed by atoms with Crippen molar-refractivity contribution in [2.45, 2.75) is 31.0 Å². The highest BCUT2D eigenvalue weighted by Gasteiger charge is 2.39. The minimum atomic E-state index is -0.821. The number of hydrogen-bond donors (Lipinski definition) is 3. The van der Waals surface area contributed by atoms with Crippen molar-refractivity contribution in [2.24, 2.45) is 5.73 Å². The Labute approximate surface area is 165 Å². The molecule has 6 nitrogen and oxygen atoms in total. The lowest BCUT2D eigenvalue weighted by atomic mass is 9.98. The average Bonchev–Trinajstić information content (AvgIpc) is 2.74. The first-order valence-electron chi connectivity index (χ1n) is 9.34. The summed E-state index contributed by atoms with van der Waals surface area (Å²) in [6.45, 7) is 4.13. The number of benzene rings is 2.